The Morgan fingerprint density at radius 1 is 1.42 bits per heavy atom. The van der Waals surface area contributed by atoms with Gasteiger partial charge in [-0.05, 0) is 32.3 Å². The molecule has 1 saturated heterocycles. The second-order valence-corrected chi connectivity index (χ2v) is 6.93. The monoisotopic (exact) mass is 328 g/mol. The van der Waals surface area contributed by atoms with Crippen LogP contribution in [0.4, 0.5) is 0 Å². The summed E-state index contributed by atoms with van der Waals surface area (Å²) in [5, 5.41) is 5.38. The fourth-order valence-corrected chi connectivity index (χ4v) is 3.54. The van der Waals surface area contributed by atoms with E-state index in [9.17, 15) is 4.79 Å². The normalized spacial score (nSPS) is 21.5. The lowest BCUT2D eigenvalue weighted by Gasteiger charge is -2.32. The molecule has 1 aliphatic carbocycles. The molecule has 0 N–H and O–H groups in total. The van der Waals surface area contributed by atoms with Crippen molar-refractivity contribution in [3.8, 4) is 0 Å². The highest BCUT2D eigenvalue weighted by molar-refractivity contribution is 6.06. The van der Waals surface area contributed by atoms with Gasteiger partial charge in [-0.1, -0.05) is 6.92 Å². The Morgan fingerprint density at radius 2 is 2.21 bits per heavy atom. The lowest BCUT2D eigenvalue weighted by molar-refractivity contribution is -0.0225. The number of amides is 1. The van der Waals surface area contributed by atoms with Gasteiger partial charge in [0.1, 0.15) is 0 Å². The predicted molar refractivity (Wildman–Crippen MR) is 91.2 cm³/mol. The molecule has 1 saturated carbocycles. The molecule has 2 aliphatic rings. The Hall–Kier alpha value is -1.95. The summed E-state index contributed by atoms with van der Waals surface area (Å²) in [6, 6.07) is 2.01. The van der Waals surface area contributed by atoms with Gasteiger partial charge >= 0.3 is 0 Å². The summed E-state index contributed by atoms with van der Waals surface area (Å²) >= 11 is 0. The van der Waals surface area contributed by atoms with Gasteiger partial charge in [-0.15, -0.1) is 0 Å². The maximum absolute atomic E-state index is 13.2. The van der Waals surface area contributed by atoms with E-state index < -0.39 is 0 Å². The SMILES string of the molecule is CC[C@H]1CN(C(=O)c2cc(C3CC3)nc3c2c(C)nn3C)CCO1. The van der Waals surface area contributed by atoms with Crippen LogP contribution < -0.4 is 0 Å². The Morgan fingerprint density at radius 3 is 2.92 bits per heavy atom. The Balaban J connectivity index is 1.78. The van der Waals surface area contributed by atoms with Gasteiger partial charge in [-0.2, -0.15) is 5.10 Å². The molecule has 0 aromatic carbocycles. The van der Waals surface area contributed by atoms with Crippen LogP contribution in [0.15, 0.2) is 6.07 Å². The number of hydrogen-bond donors (Lipinski definition) is 0. The largest absolute Gasteiger partial charge is 0.375 e. The quantitative estimate of drug-likeness (QED) is 0.868. The van der Waals surface area contributed by atoms with Crippen LogP contribution in [0.5, 0.6) is 0 Å². The third-order valence-electron chi connectivity index (χ3n) is 5.10. The molecule has 2 aromatic rings. The first-order valence-corrected chi connectivity index (χ1v) is 8.83. The molecule has 0 unspecified atom stereocenters. The van der Waals surface area contributed by atoms with Crippen molar-refractivity contribution < 1.29 is 9.53 Å². The highest BCUT2D eigenvalue weighted by Gasteiger charge is 2.31. The molecular weight excluding hydrogens is 304 g/mol. The summed E-state index contributed by atoms with van der Waals surface area (Å²) in [6.45, 7) is 5.97. The van der Waals surface area contributed by atoms with Crippen LogP contribution in [0.1, 0.15) is 53.8 Å². The second kappa shape index (κ2) is 5.84. The molecule has 2 aromatic heterocycles. The molecule has 1 aliphatic heterocycles. The van der Waals surface area contributed by atoms with Crippen LogP contribution in [0.25, 0.3) is 11.0 Å². The van der Waals surface area contributed by atoms with Gasteiger partial charge < -0.3 is 9.64 Å². The molecule has 0 radical (unpaired) electrons. The number of pyridine rings is 1. The number of carbonyl (C=O) groups is 1. The van der Waals surface area contributed by atoms with E-state index in [1.807, 2.05) is 24.9 Å². The minimum Gasteiger partial charge on any atom is -0.375 e. The van der Waals surface area contributed by atoms with Crippen molar-refractivity contribution in [3.05, 3.63) is 23.0 Å². The average molecular weight is 328 g/mol. The molecule has 1 amide bonds. The van der Waals surface area contributed by atoms with E-state index >= 15 is 0 Å². The van der Waals surface area contributed by atoms with E-state index in [-0.39, 0.29) is 12.0 Å². The number of rotatable bonds is 3. The lowest BCUT2D eigenvalue weighted by Crippen LogP contribution is -2.45. The number of morpholine rings is 1. The van der Waals surface area contributed by atoms with Crippen LogP contribution in [0.2, 0.25) is 0 Å². The first-order chi connectivity index (χ1) is 11.6. The Kier molecular flexibility index (Phi) is 3.79. The minimum atomic E-state index is 0.0853. The predicted octanol–water partition coefficient (Wildman–Crippen LogP) is 2.41. The summed E-state index contributed by atoms with van der Waals surface area (Å²) in [5.41, 5.74) is 3.48. The van der Waals surface area contributed by atoms with Crippen molar-refractivity contribution >= 4 is 16.9 Å². The van der Waals surface area contributed by atoms with Crippen molar-refractivity contribution in [2.75, 3.05) is 19.7 Å². The zero-order valence-corrected chi connectivity index (χ0v) is 14.6. The number of ether oxygens (including phenoxy) is 1. The van der Waals surface area contributed by atoms with E-state index in [1.54, 1.807) is 4.68 Å². The van der Waals surface area contributed by atoms with Gasteiger partial charge in [0.25, 0.3) is 5.91 Å². The average Bonchev–Trinajstić information content (AvgIpc) is 3.41. The fraction of sp³-hybridized carbons (Fsp3) is 0.611. The standard InChI is InChI=1S/C18H24N4O2/c1-4-13-10-22(7-8-24-13)18(23)14-9-15(12-5-6-12)19-17-16(14)11(2)20-21(17)3/h9,12-13H,4-8,10H2,1-3H3/t13-/m0/s1. The zero-order chi connectivity index (χ0) is 16.8. The number of aromatic nitrogens is 3. The van der Waals surface area contributed by atoms with E-state index in [0.717, 1.165) is 34.4 Å². The second-order valence-electron chi connectivity index (χ2n) is 6.93. The van der Waals surface area contributed by atoms with Gasteiger partial charge in [0.15, 0.2) is 5.65 Å². The number of nitrogens with zero attached hydrogens (tertiary/aromatic N) is 4. The molecule has 6 heteroatoms. The van der Waals surface area contributed by atoms with Crippen molar-refractivity contribution in [1.29, 1.82) is 0 Å². The fourth-order valence-electron chi connectivity index (χ4n) is 3.54. The molecule has 1 atom stereocenters. The van der Waals surface area contributed by atoms with E-state index in [4.69, 9.17) is 9.72 Å². The van der Waals surface area contributed by atoms with Gasteiger partial charge in [0, 0.05) is 31.7 Å². The van der Waals surface area contributed by atoms with Crippen LogP contribution in [-0.2, 0) is 11.8 Å². The lowest BCUT2D eigenvalue weighted by atomic mass is 10.1. The smallest absolute Gasteiger partial charge is 0.254 e. The van der Waals surface area contributed by atoms with Crippen molar-refractivity contribution in [1.82, 2.24) is 19.7 Å². The number of fused-ring (bicyclic) bond motifs is 1. The molecule has 6 nitrogen and oxygen atoms in total. The number of carbonyl (C=O) groups excluding carboxylic acids is 1. The Bertz CT molecular complexity index is 794. The maximum atomic E-state index is 13.2. The number of aryl methyl sites for hydroxylation is 2. The summed E-state index contributed by atoms with van der Waals surface area (Å²) in [6.07, 6.45) is 3.39. The third kappa shape index (κ3) is 2.59. The highest BCUT2D eigenvalue weighted by Crippen LogP contribution is 2.40. The van der Waals surface area contributed by atoms with Crippen LogP contribution in [0.3, 0.4) is 0 Å². The summed E-state index contributed by atoms with van der Waals surface area (Å²) in [5.74, 6) is 0.589. The molecule has 2 fully saturated rings. The minimum absolute atomic E-state index is 0.0853. The molecule has 3 heterocycles. The summed E-state index contributed by atoms with van der Waals surface area (Å²) in [4.78, 5) is 19.9. The van der Waals surface area contributed by atoms with Gasteiger partial charge in [0.05, 0.1) is 29.4 Å². The molecular formula is C18H24N4O2. The molecule has 128 valence electrons. The van der Waals surface area contributed by atoms with Crippen molar-refractivity contribution in [2.45, 2.75) is 45.1 Å². The first kappa shape index (κ1) is 15.6. The summed E-state index contributed by atoms with van der Waals surface area (Å²) in [7, 11) is 1.90. The maximum Gasteiger partial charge on any atom is 0.254 e. The third-order valence-corrected chi connectivity index (χ3v) is 5.10. The van der Waals surface area contributed by atoms with Gasteiger partial charge in [0.2, 0.25) is 0 Å². The zero-order valence-electron chi connectivity index (χ0n) is 14.6. The molecule has 24 heavy (non-hydrogen) atoms. The molecule has 4 rings (SSSR count). The van der Waals surface area contributed by atoms with Gasteiger partial charge in [-0.25, -0.2) is 4.98 Å². The van der Waals surface area contributed by atoms with Crippen molar-refractivity contribution in [2.24, 2.45) is 7.05 Å². The molecule has 0 spiro atoms. The van der Waals surface area contributed by atoms with E-state index in [1.165, 1.54) is 12.8 Å². The number of hydrogen-bond acceptors (Lipinski definition) is 4. The summed E-state index contributed by atoms with van der Waals surface area (Å²) < 4.78 is 7.50. The van der Waals surface area contributed by atoms with Crippen LogP contribution >= 0.6 is 0 Å². The van der Waals surface area contributed by atoms with Gasteiger partial charge in [-0.3, -0.25) is 9.48 Å². The highest BCUT2D eigenvalue weighted by atomic mass is 16.5. The first-order valence-electron chi connectivity index (χ1n) is 8.83. The van der Waals surface area contributed by atoms with Crippen molar-refractivity contribution in [3.63, 3.8) is 0 Å². The molecule has 0 bridgehead atoms. The van der Waals surface area contributed by atoms with Crippen LogP contribution in [0, 0.1) is 6.92 Å². The Labute approximate surface area is 141 Å². The van der Waals surface area contributed by atoms with Crippen LogP contribution in [-0.4, -0.2) is 51.4 Å². The van der Waals surface area contributed by atoms with E-state index in [2.05, 4.69) is 12.0 Å². The topological polar surface area (TPSA) is 60.2 Å². The van der Waals surface area contributed by atoms with E-state index in [0.29, 0.717) is 25.6 Å².